The van der Waals surface area contributed by atoms with Gasteiger partial charge in [-0.25, -0.2) is 13.4 Å². The molecule has 0 saturated heterocycles. The quantitative estimate of drug-likeness (QED) is 0.688. The average molecular weight is 288 g/mol. The summed E-state index contributed by atoms with van der Waals surface area (Å²) < 4.78 is 23.1. The number of hydrogen-bond acceptors (Lipinski definition) is 6. The number of hydrogen-bond donors (Lipinski definition) is 1. The molecular formula is C10H12N2O2S3. The smallest absolute Gasteiger partial charge is 0.148 e. The summed E-state index contributed by atoms with van der Waals surface area (Å²) >= 11 is 2.99. The molecule has 17 heavy (non-hydrogen) atoms. The van der Waals surface area contributed by atoms with Crippen LogP contribution in [0.15, 0.2) is 22.5 Å². The molecule has 2 aromatic rings. The fourth-order valence-corrected chi connectivity index (χ4v) is 4.24. The lowest BCUT2D eigenvalue weighted by atomic mass is 10.3. The monoisotopic (exact) mass is 288 g/mol. The predicted molar refractivity (Wildman–Crippen MR) is 74.5 cm³/mol. The van der Waals surface area contributed by atoms with Gasteiger partial charge >= 0.3 is 0 Å². The zero-order valence-corrected chi connectivity index (χ0v) is 11.7. The topological polar surface area (TPSA) is 73.0 Å². The molecule has 0 radical (unpaired) electrons. The number of rotatable bonds is 4. The van der Waals surface area contributed by atoms with Gasteiger partial charge in [0.05, 0.1) is 21.7 Å². The number of nitrogen functional groups attached to an aromatic ring is 1. The first-order valence-electron chi connectivity index (χ1n) is 4.89. The number of anilines is 1. The molecule has 0 spiro atoms. The third kappa shape index (κ3) is 3.11. The number of aromatic nitrogens is 1. The van der Waals surface area contributed by atoms with Gasteiger partial charge in [-0.1, -0.05) is 0 Å². The van der Waals surface area contributed by atoms with Gasteiger partial charge in [0.2, 0.25) is 0 Å². The van der Waals surface area contributed by atoms with Crippen molar-refractivity contribution >= 4 is 48.8 Å². The van der Waals surface area contributed by atoms with Gasteiger partial charge in [-0.3, -0.25) is 0 Å². The Kier molecular flexibility index (Phi) is 3.60. The fourth-order valence-electron chi connectivity index (χ4n) is 1.36. The highest BCUT2D eigenvalue weighted by atomic mass is 32.2. The second-order valence-electron chi connectivity index (χ2n) is 3.65. The molecule has 0 amide bonds. The highest BCUT2D eigenvalue weighted by Crippen LogP contribution is 2.32. The van der Waals surface area contributed by atoms with E-state index in [4.69, 9.17) is 5.73 Å². The van der Waals surface area contributed by atoms with Crippen LogP contribution in [0.3, 0.4) is 0 Å². The lowest BCUT2D eigenvalue weighted by Gasteiger charge is -2.05. The third-order valence-corrected chi connectivity index (χ3v) is 5.29. The summed E-state index contributed by atoms with van der Waals surface area (Å²) in [7, 11) is -2.91. The maximum Gasteiger partial charge on any atom is 0.148 e. The number of nitrogens with two attached hydrogens (primary N) is 1. The van der Waals surface area contributed by atoms with Crippen molar-refractivity contribution in [3.05, 3.63) is 17.6 Å². The van der Waals surface area contributed by atoms with E-state index in [1.165, 1.54) is 18.0 Å². The third-order valence-electron chi connectivity index (χ3n) is 2.21. The van der Waals surface area contributed by atoms with Gasteiger partial charge < -0.3 is 5.73 Å². The number of sulfone groups is 1. The minimum atomic E-state index is -2.91. The molecule has 0 aliphatic carbocycles. The molecule has 0 saturated carbocycles. The molecule has 0 aliphatic rings. The van der Waals surface area contributed by atoms with Crippen LogP contribution in [0.2, 0.25) is 0 Å². The summed E-state index contributed by atoms with van der Waals surface area (Å²) in [6.45, 7) is 0. The highest BCUT2D eigenvalue weighted by molar-refractivity contribution is 8.00. The summed E-state index contributed by atoms with van der Waals surface area (Å²) in [6, 6.07) is 3.88. The molecule has 1 aromatic carbocycles. The zero-order valence-electron chi connectivity index (χ0n) is 9.21. The summed E-state index contributed by atoms with van der Waals surface area (Å²) in [6.07, 6.45) is 1.24. The summed E-state index contributed by atoms with van der Waals surface area (Å²) in [5.74, 6) is 0.672. The van der Waals surface area contributed by atoms with Gasteiger partial charge in [-0.2, -0.15) is 0 Å². The lowest BCUT2D eigenvalue weighted by Crippen LogP contribution is -2.05. The average Bonchev–Trinajstić information content (AvgIpc) is 2.68. The zero-order chi connectivity index (χ0) is 12.5. The van der Waals surface area contributed by atoms with Crippen molar-refractivity contribution in [1.29, 1.82) is 0 Å². The molecule has 0 aliphatic heterocycles. The predicted octanol–water partition coefficient (Wildman–Crippen LogP) is 2.02. The van der Waals surface area contributed by atoms with E-state index in [1.807, 2.05) is 12.1 Å². The molecule has 2 N–H and O–H groups in total. The van der Waals surface area contributed by atoms with Crippen LogP contribution in [-0.2, 0) is 9.84 Å². The molecule has 1 heterocycles. The van der Waals surface area contributed by atoms with Crippen molar-refractivity contribution in [3.8, 4) is 0 Å². The van der Waals surface area contributed by atoms with Gasteiger partial charge in [0.1, 0.15) is 15.4 Å². The number of benzene rings is 1. The van der Waals surface area contributed by atoms with Crippen LogP contribution in [0, 0.1) is 0 Å². The SMILES string of the molecule is CS(=O)(=O)CCSc1ccc2scnc2c1N. The Morgan fingerprint density at radius 1 is 1.47 bits per heavy atom. The minimum absolute atomic E-state index is 0.159. The van der Waals surface area contributed by atoms with Crippen molar-refractivity contribution < 1.29 is 8.42 Å². The molecular weight excluding hydrogens is 276 g/mol. The maximum absolute atomic E-state index is 11.0. The Bertz CT molecular complexity index is 634. The van der Waals surface area contributed by atoms with E-state index in [-0.39, 0.29) is 5.75 Å². The van der Waals surface area contributed by atoms with E-state index in [0.29, 0.717) is 11.4 Å². The molecule has 2 rings (SSSR count). The molecule has 0 unspecified atom stereocenters. The minimum Gasteiger partial charge on any atom is -0.396 e. The molecule has 1 aromatic heterocycles. The molecule has 4 nitrogen and oxygen atoms in total. The normalized spacial score (nSPS) is 12.1. The second-order valence-corrected chi connectivity index (χ2v) is 7.94. The highest BCUT2D eigenvalue weighted by Gasteiger charge is 2.08. The van der Waals surface area contributed by atoms with Crippen molar-refractivity contribution in [2.24, 2.45) is 0 Å². The maximum atomic E-state index is 11.0. The first kappa shape index (κ1) is 12.7. The number of thiazole rings is 1. The number of nitrogens with zero attached hydrogens (tertiary/aromatic N) is 1. The van der Waals surface area contributed by atoms with Crippen LogP contribution in [-0.4, -0.2) is 31.2 Å². The van der Waals surface area contributed by atoms with Crippen molar-refractivity contribution in [2.75, 3.05) is 23.5 Å². The molecule has 92 valence electrons. The molecule has 0 fully saturated rings. The van der Waals surface area contributed by atoms with Gasteiger partial charge in [0, 0.05) is 16.9 Å². The van der Waals surface area contributed by atoms with Crippen LogP contribution in [0.4, 0.5) is 5.69 Å². The van der Waals surface area contributed by atoms with Gasteiger partial charge in [-0.15, -0.1) is 23.1 Å². The standard InChI is InChI=1S/C10H12N2O2S3/c1-17(13,14)5-4-15-7-2-3-8-10(9(7)11)12-6-16-8/h2-3,6H,4-5,11H2,1H3. The van der Waals surface area contributed by atoms with E-state index in [0.717, 1.165) is 15.1 Å². The van der Waals surface area contributed by atoms with Crippen LogP contribution in [0.1, 0.15) is 0 Å². The first-order valence-corrected chi connectivity index (χ1v) is 8.82. The van der Waals surface area contributed by atoms with Crippen LogP contribution in [0.5, 0.6) is 0 Å². The Hall–Kier alpha value is -0.790. The van der Waals surface area contributed by atoms with Crippen LogP contribution in [0.25, 0.3) is 10.2 Å². The van der Waals surface area contributed by atoms with E-state index in [2.05, 4.69) is 4.98 Å². The number of fused-ring (bicyclic) bond motifs is 1. The van der Waals surface area contributed by atoms with E-state index >= 15 is 0 Å². The Balaban J connectivity index is 2.16. The molecule has 0 bridgehead atoms. The van der Waals surface area contributed by atoms with Crippen molar-refractivity contribution in [3.63, 3.8) is 0 Å². The molecule has 0 atom stereocenters. The second kappa shape index (κ2) is 4.83. The van der Waals surface area contributed by atoms with E-state index in [9.17, 15) is 8.42 Å². The van der Waals surface area contributed by atoms with Crippen molar-refractivity contribution in [2.45, 2.75) is 4.90 Å². The Morgan fingerprint density at radius 2 is 2.24 bits per heavy atom. The molecule has 7 heteroatoms. The van der Waals surface area contributed by atoms with Crippen molar-refractivity contribution in [1.82, 2.24) is 4.98 Å². The van der Waals surface area contributed by atoms with Gasteiger partial charge in [0.25, 0.3) is 0 Å². The summed E-state index contributed by atoms with van der Waals surface area (Å²) in [4.78, 5) is 5.09. The lowest BCUT2D eigenvalue weighted by molar-refractivity contribution is 0.603. The largest absolute Gasteiger partial charge is 0.396 e. The van der Waals surface area contributed by atoms with Gasteiger partial charge in [0.15, 0.2) is 0 Å². The van der Waals surface area contributed by atoms with Crippen LogP contribution >= 0.6 is 23.1 Å². The fraction of sp³-hybridized carbons (Fsp3) is 0.300. The number of thioether (sulfide) groups is 1. The Labute approximate surface area is 108 Å². The van der Waals surface area contributed by atoms with Gasteiger partial charge in [-0.05, 0) is 12.1 Å². The van der Waals surface area contributed by atoms with Crippen LogP contribution < -0.4 is 5.73 Å². The summed E-state index contributed by atoms with van der Waals surface area (Å²) in [5, 5.41) is 0. The first-order chi connectivity index (χ1) is 7.97. The van der Waals surface area contributed by atoms with E-state index < -0.39 is 9.84 Å². The summed E-state index contributed by atoms with van der Waals surface area (Å²) in [5.41, 5.74) is 9.19. The van der Waals surface area contributed by atoms with E-state index in [1.54, 1.807) is 16.8 Å². The Morgan fingerprint density at radius 3 is 2.94 bits per heavy atom.